The highest BCUT2D eigenvalue weighted by Gasteiger charge is 2.54. The number of methoxy groups -OCH3 is 2. The molecule has 3 rings (SSSR count). The van der Waals surface area contributed by atoms with Crippen LogP contribution in [0.25, 0.3) is 0 Å². The lowest BCUT2D eigenvalue weighted by Gasteiger charge is -2.31. The van der Waals surface area contributed by atoms with Crippen molar-refractivity contribution in [2.75, 3.05) is 14.2 Å². The van der Waals surface area contributed by atoms with Crippen molar-refractivity contribution in [3.05, 3.63) is 18.2 Å². The normalized spacial score (nSPS) is 24.1. The van der Waals surface area contributed by atoms with Gasteiger partial charge in [-0.2, -0.15) is 0 Å². The molecular formula is C18H24O4S. The molecule has 1 N–H and O–H groups in total. The minimum absolute atomic E-state index is 0.209. The number of benzene rings is 1. The van der Waals surface area contributed by atoms with Gasteiger partial charge in [0, 0.05) is 17.1 Å². The zero-order chi connectivity index (χ0) is 16.4. The molecule has 126 valence electrons. The molecule has 23 heavy (non-hydrogen) atoms. The third kappa shape index (κ3) is 3.22. The van der Waals surface area contributed by atoms with E-state index in [0.29, 0.717) is 6.42 Å². The number of ketones is 1. The van der Waals surface area contributed by atoms with Crippen LogP contribution in [0.5, 0.6) is 11.5 Å². The summed E-state index contributed by atoms with van der Waals surface area (Å²) >= 11 is 1.61. The van der Waals surface area contributed by atoms with E-state index in [2.05, 4.69) is 0 Å². The van der Waals surface area contributed by atoms with E-state index in [9.17, 15) is 9.90 Å². The minimum atomic E-state index is -0.588. The van der Waals surface area contributed by atoms with Gasteiger partial charge in [0.25, 0.3) is 0 Å². The second-order valence-corrected chi connectivity index (χ2v) is 7.85. The van der Waals surface area contributed by atoms with Gasteiger partial charge in [-0.15, -0.1) is 11.8 Å². The summed E-state index contributed by atoms with van der Waals surface area (Å²) in [6.45, 7) is 0. The third-order valence-corrected chi connectivity index (χ3v) is 6.62. The fourth-order valence-corrected chi connectivity index (χ4v) is 4.91. The quantitative estimate of drug-likeness (QED) is 0.862. The van der Waals surface area contributed by atoms with Gasteiger partial charge < -0.3 is 14.6 Å². The molecule has 0 aliphatic heterocycles. The molecule has 0 bridgehead atoms. The van der Waals surface area contributed by atoms with Crippen molar-refractivity contribution in [3.8, 4) is 11.5 Å². The van der Waals surface area contributed by atoms with Crippen molar-refractivity contribution in [1.82, 2.24) is 0 Å². The Bertz CT molecular complexity index is 560. The fourth-order valence-electron chi connectivity index (χ4n) is 3.41. The number of hydrogen-bond donors (Lipinski definition) is 1. The number of carbonyl (C=O) groups excluding carboxylic acids is 1. The number of hydrogen-bond acceptors (Lipinski definition) is 5. The molecule has 2 saturated carbocycles. The topological polar surface area (TPSA) is 55.8 Å². The molecule has 2 unspecified atom stereocenters. The maximum absolute atomic E-state index is 12.2. The number of carbonyl (C=O) groups is 1. The smallest absolute Gasteiger partial charge is 0.138 e. The number of aliphatic hydroxyl groups excluding tert-OH is 1. The summed E-state index contributed by atoms with van der Waals surface area (Å²) in [6.07, 6.45) is 4.67. The first-order valence-electron chi connectivity index (χ1n) is 8.22. The van der Waals surface area contributed by atoms with Gasteiger partial charge in [0.05, 0.1) is 25.2 Å². The largest absolute Gasteiger partial charge is 0.495 e. The Morgan fingerprint density at radius 1 is 1.22 bits per heavy atom. The minimum Gasteiger partial charge on any atom is -0.495 e. The molecule has 1 aromatic rings. The van der Waals surface area contributed by atoms with Gasteiger partial charge in [-0.3, -0.25) is 4.79 Å². The number of rotatable bonds is 6. The summed E-state index contributed by atoms with van der Waals surface area (Å²) in [7, 11) is 3.28. The van der Waals surface area contributed by atoms with Crippen molar-refractivity contribution in [2.24, 2.45) is 5.92 Å². The van der Waals surface area contributed by atoms with Crippen LogP contribution in [0.1, 0.15) is 38.5 Å². The van der Waals surface area contributed by atoms with E-state index in [1.54, 1.807) is 26.0 Å². The van der Waals surface area contributed by atoms with Crippen molar-refractivity contribution >= 4 is 17.5 Å². The lowest BCUT2D eigenvalue weighted by molar-refractivity contribution is -0.128. The van der Waals surface area contributed by atoms with Crippen LogP contribution in [-0.2, 0) is 4.79 Å². The molecule has 4 nitrogen and oxygen atoms in total. The highest BCUT2D eigenvalue weighted by molar-refractivity contribution is 8.01. The molecule has 0 saturated heterocycles. The van der Waals surface area contributed by atoms with Gasteiger partial charge in [-0.25, -0.2) is 0 Å². The molecule has 0 amide bonds. The van der Waals surface area contributed by atoms with E-state index < -0.39 is 6.10 Å². The summed E-state index contributed by atoms with van der Waals surface area (Å²) in [5.74, 6) is 1.52. The summed E-state index contributed by atoms with van der Waals surface area (Å²) in [5, 5.41) is 10.9. The van der Waals surface area contributed by atoms with E-state index in [1.807, 2.05) is 18.2 Å². The number of aliphatic hydroxyl groups is 1. The molecule has 1 aromatic carbocycles. The standard InChI is InChI=1S/C18H24O4S/c1-21-14-8-5-9-15(22-2)16(14)23-18(10-11-18)17(20)12-6-3-4-7-13(12)19/h5,8-9,12,17,20H,3-4,6-7,10-11H2,1-2H3. The monoisotopic (exact) mass is 336 g/mol. The summed E-state index contributed by atoms with van der Waals surface area (Å²) in [5.41, 5.74) is 0. The molecule has 2 aliphatic carbocycles. The van der Waals surface area contributed by atoms with Crippen LogP contribution in [0.3, 0.4) is 0 Å². The Balaban J connectivity index is 1.83. The number of Topliss-reactive ketones (excluding diaryl/α,β-unsaturated/α-hetero) is 1. The first-order chi connectivity index (χ1) is 11.1. The number of ether oxygens (including phenoxy) is 2. The second-order valence-electron chi connectivity index (χ2n) is 6.42. The van der Waals surface area contributed by atoms with Gasteiger partial charge in [-0.1, -0.05) is 12.5 Å². The SMILES string of the molecule is COc1cccc(OC)c1SC1(C(O)C2CCCCC2=O)CC1. The van der Waals surface area contributed by atoms with Gasteiger partial charge in [0.15, 0.2) is 0 Å². The molecule has 5 heteroatoms. The Morgan fingerprint density at radius 3 is 2.39 bits per heavy atom. The van der Waals surface area contributed by atoms with E-state index >= 15 is 0 Å². The van der Waals surface area contributed by atoms with Crippen LogP contribution < -0.4 is 9.47 Å². The predicted octanol–water partition coefficient (Wildman–Crippen LogP) is 3.45. The molecule has 2 fully saturated rings. The van der Waals surface area contributed by atoms with Crippen molar-refractivity contribution in [2.45, 2.75) is 54.3 Å². The van der Waals surface area contributed by atoms with Crippen LogP contribution in [0.15, 0.2) is 23.1 Å². The van der Waals surface area contributed by atoms with Gasteiger partial charge in [-0.05, 0) is 37.8 Å². The van der Waals surface area contributed by atoms with Crippen LogP contribution in [0, 0.1) is 5.92 Å². The first kappa shape index (κ1) is 16.7. The Hall–Kier alpha value is -1.20. The molecule has 0 radical (unpaired) electrons. The highest BCUT2D eigenvalue weighted by atomic mass is 32.2. The van der Waals surface area contributed by atoms with Crippen molar-refractivity contribution in [1.29, 1.82) is 0 Å². The average Bonchev–Trinajstić information content (AvgIpc) is 3.35. The summed E-state index contributed by atoms with van der Waals surface area (Å²) in [4.78, 5) is 13.1. The molecule has 2 aliphatic rings. The molecule has 2 atom stereocenters. The first-order valence-corrected chi connectivity index (χ1v) is 9.04. The zero-order valence-corrected chi connectivity index (χ0v) is 14.5. The maximum atomic E-state index is 12.2. The van der Waals surface area contributed by atoms with E-state index in [-0.39, 0.29) is 16.4 Å². The van der Waals surface area contributed by atoms with E-state index in [0.717, 1.165) is 48.5 Å². The summed E-state index contributed by atoms with van der Waals surface area (Å²) < 4.78 is 10.6. The number of thioether (sulfide) groups is 1. The van der Waals surface area contributed by atoms with Gasteiger partial charge >= 0.3 is 0 Å². The van der Waals surface area contributed by atoms with Crippen LogP contribution in [-0.4, -0.2) is 36.0 Å². The van der Waals surface area contributed by atoms with Crippen LogP contribution in [0.2, 0.25) is 0 Å². The highest BCUT2D eigenvalue weighted by Crippen LogP contribution is 2.59. The molecular weight excluding hydrogens is 312 g/mol. The Morgan fingerprint density at radius 2 is 1.87 bits per heavy atom. The molecule has 0 heterocycles. The third-order valence-electron chi connectivity index (χ3n) is 4.95. The average molecular weight is 336 g/mol. The zero-order valence-electron chi connectivity index (χ0n) is 13.7. The fraction of sp³-hybridized carbons (Fsp3) is 0.611. The van der Waals surface area contributed by atoms with Gasteiger partial charge in [0.1, 0.15) is 17.3 Å². The van der Waals surface area contributed by atoms with E-state index in [4.69, 9.17) is 9.47 Å². The predicted molar refractivity (Wildman–Crippen MR) is 90.3 cm³/mol. The molecule has 0 spiro atoms. The summed E-state index contributed by atoms with van der Waals surface area (Å²) in [6, 6.07) is 5.69. The van der Waals surface area contributed by atoms with Crippen molar-refractivity contribution in [3.63, 3.8) is 0 Å². The molecule has 0 aromatic heterocycles. The van der Waals surface area contributed by atoms with Crippen LogP contribution >= 0.6 is 11.8 Å². The van der Waals surface area contributed by atoms with Gasteiger partial charge in [0.2, 0.25) is 0 Å². The van der Waals surface area contributed by atoms with Crippen molar-refractivity contribution < 1.29 is 19.4 Å². The maximum Gasteiger partial charge on any atom is 0.138 e. The lowest BCUT2D eigenvalue weighted by Crippen LogP contribution is -2.39. The Kier molecular flexibility index (Phi) is 4.87. The van der Waals surface area contributed by atoms with Crippen LogP contribution in [0.4, 0.5) is 0 Å². The van der Waals surface area contributed by atoms with E-state index in [1.165, 1.54) is 0 Å². The second kappa shape index (κ2) is 6.73. The Labute approximate surface area is 141 Å². The lowest BCUT2D eigenvalue weighted by atomic mass is 9.82.